The molecule has 1 aliphatic rings. The lowest BCUT2D eigenvalue weighted by molar-refractivity contribution is 0.0937. The van der Waals surface area contributed by atoms with E-state index in [4.69, 9.17) is 23.2 Å². The standard InChI is InChI=1S/C27H28Cl2N6O2/c1-2-9-31-27(37)23-15-32-22(14-33-23)26(36)17-34-10-11-35(24-8-3-18(13-30)12-21(24)29)25(16-34)19-4-6-20(28)7-5-19/h3-8,12,14-15,25-26,36H,2,9-11,16-17H2,1H3,(H,31,37)/t25-,26+/m0/s1. The summed E-state index contributed by atoms with van der Waals surface area (Å²) in [4.78, 5) is 24.9. The van der Waals surface area contributed by atoms with E-state index in [0.717, 1.165) is 17.7 Å². The Morgan fingerprint density at radius 3 is 2.62 bits per heavy atom. The van der Waals surface area contributed by atoms with Crippen LogP contribution in [0.2, 0.25) is 10.0 Å². The van der Waals surface area contributed by atoms with Crippen molar-refractivity contribution in [3.05, 3.63) is 87.4 Å². The molecule has 37 heavy (non-hydrogen) atoms. The van der Waals surface area contributed by atoms with Crippen molar-refractivity contribution in [1.29, 1.82) is 5.26 Å². The summed E-state index contributed by atoms with van der Waals surface area (Å²) in [6.45, 7) is 4.87. The minimum atomic E-state index is -0.865. The van der Waals surface area contributed by atoms with Crippen LogP contribution in [0.4, 0.5) is 5.69 Å². The molecule has 192 valence electrons. The molecule has 1 saturated heterocycles. The van der Waals surface area contributed by atoms with E-state index >= 15 is 0 Å². The van der Waals surface area contributed by atoms with Crippen molar-refractivity contribution >= 4 is 34.8 Å². The number of nitrogens with one attached hydrogen (secondary N) is 1. The number of carbonyl (C=O) groups excluding carboxylic acids is 1. The Morgan fingerprint density at radius 2 is 1.97 bits per heavy atom. The number of hydrogen-bond acceptors (Lipinski definition) is 7. The van der Waals surface area contributed by atoms with Crippen LogP contribution in [0.1, 0.15) is 52.8 Å². The Kier molecular flexibility index (Phi) is 8.95. The molecule has 0 unspecified atom stereocenters. The molecule has 2 heterocycles. The number of aromatic nitrogens is 2. The molecule has 10 heteroatoms. The van der Waals surface area contributed by atoms with E-state index in [1.54, 1.807) is 12.1 Å². The Bertz CT molecular complexity index is 1260. The third-order valence-corrected chi connectivity index (χ3v) is 6.87. The van der Waals surface area contributed by atoms with Crippen molar-refractivity contribution in [1.82, 2.24) is 20.2 Å². The number of β-amino-alcohol motifs (C(OH)–C–C–N with tert-alkyl or cyclic N) is 1. The van der Waals surface area contributed by atoms with Gasteiger partial charge in [-0.2, -0.15) is 5.26 Å². The van der Waals surface area contributed by atoms with Gasteiger partial charge in [0, 0.05) is 37.7 Å². The zero-order valence-corrected chi connectivity index (χ0v) is 22.0. The van der Waals surface area contributed by atoms with Gasteiger partial charge in [-0.15, -0.1) is 0 Å². The van der Waals surface area contributed by atoms with E-state index in [1.165, 1.54) is 12.4 Å². The minimum absolute atomic E-state index is 0.0561. The molecular weight excluding hydrogens is 511 g/mol. The number of amides is 1. The molecular formula is C27H28Cl2N6O2. The minimum Gasteiger partial charge on any atom is -0.385 e. The number of halogens is 2. The van der Waals surface area contributed by atoms with Crippen molar-refractivity contribution in [2.45, 2.75) is 25.5 Å². The van der Waals surface area contributed by atoms with Gasteiger partial charge in [0.05, 0.1) is 46.5 Å². The Morgan fingerprint density at radius 1 is 1.19 bits per heavy atom. The summed E-state index contributed by atoms with van der Waals surface area (Å²) in [5.74, 6) is -0.279. The summed E-state index contributed by atoms with van der Waals surface area (Å²) in [6, 6.07) is 15.1. The number of benzene rings is 2. The lowest BCUT2D eigenvalue weighted by atomic mass is 10.0. The number of rotatable bonds is 8. The van der Waals surface area contributed by atoms with Crippen LogP contribution in [0.15, 0.2) is 54.9 Å². The molecule has 1 amide bonds. The largest absolute Gasteiger partial charge is 0.385 e. The average molecular weight is 539 g/mol. The molecule has 8 nitrogen and oxygen atoms in total. The van der Waals surface area contributed by atoms with E-state index < -0.39 is 6.10 Å². The molecule has 0 radical (unpaired) electrons. The van der Waals surface area contributed by atoms with E-state index in [0.29, 0.717) is 54.0 Å². The number of nitrogens with zero attached hydrogens (tertiary/aromatic N) is 5. The fourth-order valence-corrected chi connectivity index (χ4v) is 4.78. The van der Waals surface area contributed by atoms with Crippen LogP contribution in [0.25, 0.3) is 0 Å². The first-order valence-electron chi connectivity index (χ1n) is 12.1. The highest BCUT2D eigenvalue weighted by molar-refractivity contribution is 6.33. The zero-order chi connectivity index (χ0) is 26.4. The van der Waals surface area contributed by atoms with Crippen LogP contribution < -0.4 is 10.2 Å². The Balaban J connectivity index is 1.50. The van der Waals surface area contributed by atoms with Crippen LogP contribution in [-0.2, 0) is 0 Å². The number of anilines is 1. The number of aliphatic hydroxyl groups is 1. The molecule has 3 aromatic rings. The quantitative estimate of drug-likeness (QED) is 0.438. The smallest absolute Gasteiger partial charge is 0.271 e. The van der Waals surface area contributed by atoms with Crippen LogP contribution >= 0.6 is 23.2 Å². The Labute approximate surface area is 226 Å². The molecule has 0 saturated carbocycles. The van der Waals surface area contributed by atoms with Crippen LogP contribution in [-0.4, -0.2) is 58.6 Å². The van der Waals surface area contributed by atoms with Gasteiger partial charge >= 0.3 is 0 Å². The van der Waals surface area contributed by atoms with Crippen molar-refractivity contribution < 1.29 is 9.90 Å². The van der Waals surface area contributed by atoms with Gasteiger partial charge in [-0.1, -0.05) is 42.3 Å². The first-order valence-corrected chi connectivity index (χ1v) is 12.9. The normalized spacial score (nSPS) is 16.7. The lowest BCUT2D eigenvalue weighted by Gasteiger charge is -2.44. The van der Waals surface area contributed by atoms with E-state index in [2.05, 4.69) is 31.2 Å². The fraction of sp³-hybridized carbons (Fsp3) is 0.333. The summed E-state index contributed by atoms with van der Waals surface area (Å²) in [7, 11) is 0. The van der Waals surface area contributed by atoms with Gasteiger partial charge in [-0.25, -0.2) is 4.98 Å². The Hall–Kier alpha value is -3.22. The third-order valence-electron chi connectivity index (χ3n) is 6.32. The van der Waals surface area contributed by atoms with Crippen LogP contribution in [0, 0.1) is 11.3 Å². The summed E-state index contributed by atoms with van der Waals surface area (Å²) in [6.07, 6.45) is 2.81. The number of hydrogen-bond donors (Lipinski definition) is 2. The molecule has 4 rings (SSSR count). The first kappa shape index (κ1) is 26.8. The summed E-state index contributed by atoms with van der Waals surface area (Å²) in [5, 5.41) is 24.0. The lowest BCUT2D eigenvalue weighted by Crippen LogP contribution is -2.49. The molecule has 1 fully saturated rings. The third kappa shape index (κ3) is 6.56. The van der Waals surface area contributed by atoms with Gasteiger partial charge < -0.3 is 15.3 Å². The predicted molar refractivity (Wildman–Crippen MR) is 144 cm³/mol. The second kappa shape index (κ2) is 12.3. The molecule has 2 aromatic carbocycles. The number of piperazine rings is 1. The fourth-order valence-electron chi connectivity index (χ4n) is 4.37. The highest BCUT2D eigenvalue weighted by atomic mass is 35.5. The van der Waals surface area contributed by atoms with E-state index in [-0.39, 0.29) is 17.6 Å². The van der Waals surface area contributed by atoms with Crippen molar-refractivity contribution in [3.8, 4) is 6.07 Å². The molecule has 0 bridgehead atoms. The average Bonchev–Trinajstić information content (AvgIpc) is 2.92. The molecule has 2 atom stereocenters. The summed E-state index contributed by atoms with van der Waals surface area (Å²) < 4.78 is 0. The number of nitriles is 1. The number of carbonyl (C=O) groups is 1. The van der Waals surface area contributed by atoms with E-state index in [1.807, 2.05) is 37.3 Å². The SMILES string of the molecule is CCCNC(=O)c1cnc([C@H](O)CN2CCN(c3ccc(C#N)cc3Cl)[C@H](c3ccc(Cl)cc3)C2)cn1. The predicted octanol–water partition coefficient (Wildman–Crippen LogP) is 4.39. The summed E-state index contributed by atoms with van der Waals surface area (Å²) in [5.41, 5.74) is 3.05. The highest BCUT2D eigenvalue weighted by Gasteiger charge is 2.31. The molecule has 0 spiro atoms. The maximum Gasteiger partial charge on any atom is 0.271 e. The second-order valence-electron chi connectivity index (χ2n) is 8.90. The number of aliphatic hydroxyl groups excluding tert-OH is 1. The molecule has 1 aliphatic heterocycles. The maximum atomic E-state index is 12.1. The van der Waals surface area contributed by atoms with Gasteiger partial charge in [0.2, 0.25) is 0 Å². The molecule has 1 aromatic heterocycles. The van der Waals surface area contributed by atoms with Gasteiger partial charge in [0.25, 0.3) is 5.91 Å². The monoisotopic (exact) mass is 538 g/mol. The van der Waals surface area contributed by atoms with Crippen molar-refractivity contribution in [2.24, 2.45) is 0 Å². The van der Waals surface area contributed by atoms with Gasteiger partial charge in [-0.3, -0.25) is 14.7 Å². The highest BCUT2D eigenvalue weighted by Crippen LogP contribution is 2.36. The maximum absolute atomic E-state index is 12.1. The molecule has 2 N–H and O–H groups in total. The van der Waals surface area contributed by atoms with Crippen LogP contribution in [0.5, 0.6) is 0 Å². The van der Waals surface area contributed by atoms with Crippen molar-refractivity contribution in [2.75, 3.05) is 37.6 Å². The summed E-state index contributed by atoms with van der Waals surface area (Å²) >= 11 is 12.7. The van der Waals surface area contributed by atoms with Crippen LogP contribution in [0.3, 0.4) is 0 Å². The molecule has 0 aliphatic carbocycles. The van der Waals surface area contributed by atoms with E-state index in [9.17, 15) is 15.2 Å². The van der Waals surface area contributed by atoms with Gasteiger partial charge in [0.15, 0.2) is 0 Å². The van der Waals surface area contributed by atoms with Crippen molar-refractivity contribution in [3.63, 3.8) is 0 Å². The first-order chi connectivity index (χ1) is 17.9. The second-order valence-corrected chi connectivity index (χ2v) is 9.74. The van der Waals surface area contributed by atoms with Gasteiger partial charge in [-0.05, 0) is 42.3 Å². The zero-order valence-electron chi connectivity index (χ0n) is 20.4. The topological polar surface area (TPSA) is 105 Å². The van der Waals surface area contributed by atoms with Gasteiger partial charge in [0.1, 0.15) is 11.8 Å².